The minimum absolute atomic E-state index is 0.105. The molecular weight excluding hydrogens is 246 g/mol. The van der Waals surface area contributed by atoms with E-state index in [9.17, 15) is 0 Å². The SMILES string of the molecule is CNc1nc(Cl)nc(NCc2nc(C)no2)n1. The zero-order valence-corrected chi connectivity index (χ0v) is 9.99. The summed E-state index contributed by atoms with van der Waals surface area (Å²) in [7, 11) is 1.69. The Labute approximate surface area is 102 Å². The highest BCUT2D eigenvalue weighted by molar-refractivity contribution is 6.28. The third-order valence-corrected chi connectivity index (χ3v) is 1.97. The van der Waals surface area contributed by atoms with Gasteiger partial charge in [-0.1, -0.05) is 5.16 Å². The molecule has 0 saturated heterocycles. The molecule has 0 fully saturated rings. The lowest BCUT2D eigenvalue weighted by molar-refractivity contribution is 0.379. The molecule has 0 bridgehead atoms. The maximum Gasteiger partial charge on any atom is 0.246 e. The van der Waals surface area contributed by atoms with Gasteiger partial charge < -0.3 is 15.2 Å². The molecular formula is C8H10ClN7O. The van der Waals surface area contributed by atoms with E-state index in [1.807, 2.05) is 0 Å². The fraction of sp³-hybridized carbons (Fsp3) is 0.375. The first-order valence-corrected chi connectivity index (χ1v) is 5.17. The van der Waals surface area contributed by atoms with Crippen molar-refractivity contribution in [2.45, 2.75) is 13.5 Å². The monoisotopic (exact) mass is 255 g/mol. The Balaban J connectivity index is 2.05. The summed E-state index contributed by atoms with van der Waals surface area (Å²) in [6.07, 6.45) is 0. The van der Waals surface area contributed by atoms with Crippen molar-refractivity contribution in [3.05, 3.63) is 17.0 Å². The molecule has 17 heavy (non-hydrogen) atoms. The Bertz CT molecular complexity index is 514. The normalized spacial score (nSPS) is 10.3. The summed E-state index contributed by atoms with van der Waals surface area (Å²) in [6, 6.07) is 0. The van der Waals surface area contributed by atoms with E-state index < -0.39 is 0 Å². The average Bonchev–Trinajstić information content (AvgIpc) is 2.72. The smallest absolute Gasteiger partial charge is 0.246 e. The van der Waals surface area contributed by atoms with Gasteiger partial charge in [-0.05, 0) is 18.5 Å². The van der Waals surface area contributed by atoms with Crippen molar-refractivity contribution >= 4 is 23.5 Å². The van der Waals surface area contributed by atoms with Gasteiger partial charge in [-0.25, -0.2) is 0 Å². The van der Waals surface area contributed by atoms with Crippen LogP contribution in [0.1, 0.15) is 11.7 Å². The van der Waals surface area contributed by atoms with Gasteiger partial charge in [-0.15, -0.1) is 0 Å². The second-order valence-corrected chi connectivity index (χ2v) is 3.43. The molecule has 0 unspecified atom stereocenters. The van der Waals surface area contributed by atoms with E-state index in [-0.39, 0.29) is 5.28 Å². The van der Waals surface area contributed by atoms with E-state index in [0.717, 1.165) is 0 Å². The Morgan fingerprint density at radius 3 is 2.59 bits per heavy atom. The molecule has 0 aliphatic carbocycles. The number of hydrogen-bond acceptors (Lipinski definition) is 8. The second kappa shape index (κ2) is 4.91. The topological polar surface area (TPSA) is 102 Å². The first-order valence-electron chi connectivity index (χ1n) is 4.80. The molecule has 2 heterocycles. The lowest BCUT2D eigenvalue weighted by Gasteiger charge is -2.03. The number of nitrogens with zero attached hydrogens (tertiary/aromatic N) is 5. The van der Waals surface area contributed by atoms with Crippen molar-refractivity contribution in [1.29, 1.82) is 0 Å². The number of anilines is 2. The lowest BCUT2D eigenvalue weighted by Crippen LogP contribution is -2.07. The van der Waals surface area contributed by atoms with Gasteiger partial charge in [0.05, 0.1) is 6.54 Å². The van der Waals surface area contributed by atoms with Crippen molar-refractivity contribution in [3.8, 4) is 0 Å². The number of halogens is 1. The summed E-state index contributed by atoms with van der Waals surface area (Å²) in [5.41, 5.74) is 0. The molecule has 0 aromatic carbocycles. The molecule has 2 rings (SSSR count). The van der Waals surface area contributed by atoms with Crippen LogP contribution in [0.4, 0.5) is 11.9 Å². The number of rotatable bonds is 4. The summed E-state index contributed by atoms with van der Waals surface area (Å²) in [5, 5.41) is 9.45. The zero-order valence-electron chi connectivity index (χ0n) is 9.23. The van der Waals surface area contributed by atoms with E-state index in [4.69, 9.17) is 16.1 Å². The average molecular weight is 256 g/mol. The van der Waals surface area contributed by atoms with Crippen LogP contribution in [-0.4, -0.2) is 32.1 Å². The van der Waals surface area contributed by atoms with E-state index in [2.05, 4.69) is 35.7 Å². The van der Waals surface area contributed by atoms with Crippen LogP contribution in [0, 0.1) is 6.92 Å². The van der Waals surface area contributed by atoms with E-state index in [0.29, 0.717) is 30.2 Å². The third kappa shape index (κ3) is 3.00. The van der Waals surface area contributed by atoms with Crippen molar-refractivity contribution in [1.82, 2.24) is 25.1 Å². The molecule has 2 N–H and O–H groups in total. The number of nitrogens with one attached hydrogen (secondary N) is 2. The zero-order chi connectivity index (χ0) is 12.3. The van der Waals surface area contributed by atoms with Crippen LogP contribution in [0.25, 0.3) is 0 Å². The molecule has 0 radical (unpaired) electrons. The van der Waals surface area contributed by atoms with E-state index in [1.165, 1.54) is 0 Å². The molecule has 0 aliphatic rings. The van der Waals surface area contributed by atoms with Gasteiger partial charge in [0.15, 0.2) is 5.82 Å². The molecule has 0 aliphatic heterocycles. The van der Waals surface area contributed by atoms with Gasteiger partial charge >= 0.3 is 0 Å². The van der Waals surface area contributed by atoms with Gasteiger partial charge in [0.2, 0.25) is 23.1 Å². The standard InChI is InChI=1S/C8H10ClN7O/c1-4-12-5(17-16-4)3-11-8-14-6(9)13-7(10-2)15-8/h3H2,1-2H3,(H2,10,11,13,14,15). The van der Waals surface area contributed by atoms with Crippen LogP contribution < -0.4 is 10.6 Å². The lowest BCUT2D eigenvalue weighted by atomic mass is 10.6. The van der Waals surface area contributed by atoms with Crippen molar-refractivity contribution < 1.29 is 4.52 Å². The van der Waals surface area contributed by atoms with Crippen LogP contribution >= 0.6 is 11.6 Å². The van der Waals surface area contributed by atoms with Crippen LogP contribution in [0.2, 0.25) is 5.28 Å². The van der Waals surface area contributed by atoms with E-state index >= 15 is 0 Å². The van der Waals surface area contributed by atoms with Crippen molar-refractivity contribution in [2.24, 2.45) is 0 Å². The molecule has 2 aromatic heterocycles. The summed E-state index contributed by atoms with van der Waals surface area (Å²) in [6.45, 7) is 2.07. The predicted molar refractivity (Wildman–Crippen MR) is 60.7 cm³/mol. The quantitative estimate of drug-likeness (QED) is 0.830. The van der Waals surface area contributed by atoms with Crippen molar-refractivity contribution in [3.63, 3.8) is 0 Å². The summed E-state index contributed by atoms with van der Waals surface area (Å²) in [4.78, 5) is 15.8. The van der Waals surface area contributed by atoms with Gasteiger partial charge in [0, 0.05) is 7.05 Å². The Morgan fingerprint density at radius 1 is 1.18 bits per heavy atom. The predicted octanol–water partition coefficient (Wildman–Crippen LogP) is 0.870. The fourth-order valence-corrected chi connectivity index (χ4v) is 1.27. The van der Waals surface area contributed by atoms with E-state index in [1.54, 1.807) is 14.0 Å². The molecule has 8 nitrogen and oxygen atoms in total. The maximum atomic E-state index is 5.72. The van der Waals surface area contributed by atoms with Gasteiger partial charge in [-0.2, -0.15) is 19.9 Å². The minimum Gasteiger partial charge on any atom is -0.357 e. The molecule has 9 heteroatoms. The molecule has 0 amide bonds. The van der Waals surface area contributed by atoms with Gasteiger partial charge in [0.25, 0.3) is 0 Å². The van der Waals surface area contributed by atoms with Crippen LogP contribution in [-0.2, 0) is 6.54 Å². The summed E-state index contributed by atoms with van der Waals surface area (Å²) >= 11 is 5.72. The van der Waals surface area contributed by atoms with Gasteiger partial charge in [-0.3, -0.25) is 0 Å². The highest BCUT2D eigenvalue weighted by Crippen LogP contribution is 2.09. The largest absolute Gasteiger partial charge is 0.357 e. The number of hydrogen-bond donors (Lipinski definition) is 2. The molecule has 0 spiro atoms. The molecule has 90 valence electrons. The van der Waals surface area contributed by atoms with Crippen LogP contribution in [0.3, 0.4) is 0 Å². The second-order valence-electron chi connectivity index (χ2n) is 3.09. The molecule has 0 atom stereocenters. The highest BCUT2D eigenvalue weighted by Gasteiger charge is 2.06. The fourth-order valence-electron chi connectivity index (χ4n) is 1.11. The van der Waals surface area contributed by atoms with Gasteiger partial charge in [0.1, 0.15) is 0 Å². The Kier molecular flexibility index (Phi) is 3.33. The van der Waals surface area contributed by atoms with Crippen LogP contribution in [0.15, 0.2) is 4.52 Å². The third-order valence-electron chi connectivity index (χ3n) is 1.80. The minimum atomic E-state index is 0.105. The summed E-state index contributed by atoms with van der Waals surface area (Å²) in [5.74, 6) is 1.75. The number of aryl methyl sites for hydroxylation is 1. The maximum absolute atomic E-state index is 5.72. The molecule has 2 aromatic rings. The van der Waals surface area contributed by atoms with Crippen molar-refractivity contribution in [2.75, 3.05) is 17.7 Å². The highest BCUT2D eigenvalue weighted by atomic mass is 35.5. The first-order chi connectivity index (χ1) is 8.17. The Morgan fingerprint density at radius 2 is 1.94 bits per heavy atom. The first kappa shape index (κ1) is 11.5. The van der Waals surface area contributed by atoms with Crippen LogP contribution in [0.5, 0.6) is 0 Å². The number of aromatic nitrogens is 5. The Hall–Kier alpha value is -1.96. The molecule has 0 saturated carbocycles. The summed E-state index contributed by atoms with van der Waals surface area (Å²) < 4.78 is 4.93.